The number of thiazole rings is 1. The van der Waals surface area contributed by atoms with E-state index in [9.17, 15) is 9.59 Å². The van der Waals surface area contributed by atoms with Crippen molar-refractivity contribution in [1.29, 1.82) is 0 Å². The van der Waals surface area contributed by atoms with Gasteiger partial charge in [0.25, 0.3) is 5.56 Å². The van der Waals surface area contributed by atoms with E-state index in [0.717, 1.165) is 21.2 Å². The van der Waals surface area contributed by atoms with Gasteiger partial charge < -0.3 is 4.74 Å². The zero-order chi connectivity index (χ0) is 24.4. The van der Waals surface area contributed by atoms with Crippen molar-refractivity contribution in [3.05, 3.63) is 131 Å². The third-order valence-electron chi connectivity index (χ3n) is 5.66. The molecule has 0 spiro atoms. The van der Waals surface area contributed by atoms with Gasteiger partial charge in [-0.25, -0.2) is 9.79 Å². The minimum atomic E-state index is -0.659. The maximum absolute atomic E-state index is 13.7. The van der Waals surface area contributed by atoms with Crippen LogP contribution >= 0.6 is 27.3 Å². The molecule has 0 radical (unpaired) electrons. The van der Waals surface area contributed by atoms with E-state index < -0.39 is 12.0 Å². The van der Waals surface area contributed by atoms with E-state index >= 15 is 0 Å². The Labute approximate surface area is 214 Å². The van der Waals surface area contributed by atoms with Crippen molar-refractivity contribution < 1.29 is 9.53 Å². The molecule has 1 aliphatic heterocycles. The predicted molar refractivity (Wildman–Crippen MR) is 142 cm³/mol. The number of aromatic nitrogens is 1. The largest absolute Gasteiger partial charge is 0.463 e. The molecule has 35 heavy (non-hydrogen) atoms. The van der Waals surface area contributed by atoms with Gasteiger partial charge in [0.15, 0.2) is 4.80 Å². The summed E-state index contributed by atoms with van der Waals surface area (Å²) in [5.74, 6) is -0.480. The normalized spacial score (nSPS) is 15.5. The summed E-state index contributed by atoms with van der Waals surface area (Å²) in [6.45, 7) is 1.99. The summed E-state index contributed by atoms with van der Waals surface area (Å²) in [6, 6.07) is 26.2. The summed E-state index contributed by atoms with van der Waals surface area (Å²) in [5, 5.41) is 0. The van der Waals surface area contributed by atoms with Crippen LogP contribution in [-0.4, -0.2) is 17.1 Å². The van der Waals surface area contributed by atoms with Crippen LogP contribution in [0.2, 0.25) is 0 Å². The Kier molecular flexibility index (Phi) is 6.61. The molecule has 174 valence electrons. The predicted octanol–water partition coefficient (Wildman–Crippen LogP) is 4.70. The molecule has 7 heteroatoms. The van der Waals surface area contributed by atoms with E-state index in [1.165, 1.54) is 11.3 Å². The van der Waals surface area contributed by atoms with Crippen LogP contribution in [0.25, 0.3) is 11.8 Å². The zero-order valence-corrected chi connectivity index (χ0v) is 21.3. The SMILES string of the molecule is CCOC(=O)C1=C(c2ccccc2)N=c2s/c(=C\c3ccc(Br)cc3)c(=O)n2C1c1ccccc1. The number of nitrogens with zero attached hydrogens (tertiary/aromatic N) is 2. The molecule has 0 aliphatic carbocycles. The van der Waals surface area contributed by atoms with Crippen LogP contribution in [0.4, 0.5) is 0 Å². The summed E-state index contributed by atoms with van der Waals surface area (Å²) in [4.78, 5) is 32.5. The molecule has 2 heterocycles. The number of benzene rings is 3. The second-order valence-corrected chi connectivity index (χ2v) is 9.82. The van der Waals surface area contributed by atoms with Crippen molar-refractivity contribution in [3.63, 3.8) is 0 Å². The lowest BCUT2D eigenvalue weighted by Crippen LogP contribution is -2.39. The fourth-order valence-corrected chi connectivity index (χ4v) is 5.37. The Morgan fingerprint density at radius 2 is 1.69 bits per heavy atom. The van der Waals surface area contributed by atoms with E-state index in [1.807, 2.05) is 91.0 Å². The first kappa shape index (κ1) is 23.2. The molecule has 0 saturated heterocycles. The second-order valence-electron chi connectivity index (χ2n) is 7.89. The molecule has 0 fully saturated rings. The number of rotatable bonds is 5. The average molecular weight is 545 g/mol. The van der Waals surface area contributed by atoms with Crippen LogP contribution in [0.5, 0.6) is 0 Å². The molecule has 1 unspecified atom stereocenters. The van der Waals surface area contributed by atoms with Crippen LogP contribution in [0, 0.1) is 0 Å². The van der Waals surface area contributed by atoms with Crippen molar-refractivity contribution in [3.8, 4) is 0 Å². The molecule has 3 aromatic carbocycles. The minimum Gasteiger partial charge on any atom is -0.463 e. The van der Waals surface area contributed by atoms with Crippen LogP contribution in [0.1, 0.15) is 29.7 Å². The lowest BCUT2D eigenvalue weighted by Gasteiger charge is -2.25. The first-order chi connectivity index (χ1) is 17.1. The van der Waals surface area contributed by atoms with E-state index in [-0.39, 0.29) is 12.2 Å². The van der Waals surface area contributed by atoms with Crippen LogP contribution < -0.4 is 14.9 Å². The maximum Gasteiger partial charge on any atom is 0.338 e. The third-order valence-corrected chi connectivity index (χ3v) is 7.17. The Morgan fingerprint density at radius 3 is 2.34 bits per heavy atom. The van der Waals surface area contributed by atoms with Crippen molar-refractivity contribution in [1.82, 2.24) is 4.57 Å². The molecule has 1 aromatic heterocycles. The van der Waals surface area contributed by atoms with Crippen molar-refractivity contribution in [2.75, 3.05) is 6.61 Å². The van der Waals surface area contributed by atoms with Gasteiger partial charge in [-0.3, -0.25) is 9.36 Å². The quantitative estimate of drug-likeness (QED) is 0.342. The van der Waals surface area contributed by atoms with Crippen LogP contribution in [-0.2, 0) is 9.53 Å². The van der Waals surface area contributed by atoms with Gasteiger partial charge in [-0.05, 0) is 36.3 Å². The standard InChI is InChI=1S/C28H21BrN2O3S/c1-2-34-27(33)23-24(19-9-5-3-6-10-19)30-28-31(25(23)20-11-7-4-8-12-20)26(32)22(35-28)17-18-13-15-21(29)16-14-18/h3-17,25H,2H2,1H3/b22-17-. The summed E-state index contributed by atoms with van der Waals surface area (Å²) < 4.78 is 8.60. The van der Waals surface area contributed by atoms with Gasteiger partial charge in [-0.2, -0.15) is 0 Å². The van der Waals surface area contributed by atoms with Gasteiger partial charge >= 0.3 is 5.97 Å². The fraction of sp³-hybridized carbons (Fsp3) is 0.107. The van der Waals surface area contributed by atoms with E-state index in [0.29, 0.717) is 20.6 Å². The van der Waals surface area contributed by atoms with Gasteiger partial charge in [-0.15, -0.1) is 0 Å². The molecule has 5 rings (SSSR count). The second kappa shape index (κ2) is 9.98. The molecule has 1 atom stereocenters. The molecule has 5 nitrogen and oxygen atoms in total. The molecule has 0 amide bonds. The number of halogens is 1. The summed E-state index contributed by atoms with van der Waals surface area (Å²) >= 11 is 4.76. The van der Waals surface area contributed by atoms with Crippen molar-refractivity contribution in [2.45, 2.75) is 13.0 Å². The molecular weight excluding hydrogens is 524 g/mol. The highest BCUT2D eigenvalue weighted by atomic mass is 79.9. The lowest BCUT2D eigenvalue weighted by atomic mass is 9.93. The van der Waals surface area contributed by atoms with Crippen LogP contribution in [0.15, 0.2) is 105 Å². The summed E-state index contributed by atoms with van der Waals surface area (Å²) in [5.41, 5.74) is 3.19. The topological polar surface area (TPSA) is 60.7 Å². The first-order valence-corrected chi connectivity index (χ1v) is 12.8. The highest BCUT2D eigenvalue weighted by Gasteiger charge is 2.35. The number of hydrogen-bond acceptors (Lipinski definition) is 5. The summed E-state index contributed by atoms with van der Waals surface area (Å²) in [6.07, 6.45) is 1.86. The van der Waals surface area contributed by atoms with Gasteiger partial charge in [0.2, 0.25) is 0 Å². The molecule has 0 bridgehead atoms. The Balaban J connectivity index is 1.82. The van der Waals surface area contributed by atoms with E-state index in [2.05, 4.69) is 15.9 Å². The maximum atomic E-state index is 13.7. The molecule has 0 N–H and O–H groups in total. The average Bonchev–Trinajstić information content (AvgIpc) is 3.20. The van der Waals surface area contributed by atoms with Crippen molar-refractivity contribution >= 4 is 45.0 Å². The monoisotopic (exact) mass is 544 g/mol. The van der Waals surface area contributed by atoms with E-state index in [4.69, 9.17) is 9.73 Å². The van der Waals surface area contributed by atoms with Gasteiger partial charge in [0.1, 0.15) is 0 Å². The smallest absolute Gasteiger partial charge is 0.338 e. The number of ether oxygens (including phenoxy) is 1. The Morgan fingerprint density at radius 1 is 1.03 bits per heavy atom. The molecule has 1 aliphatic rings. The fourth-order valence-electron chi connectivity index (χ4n) is 4.10. The number of fused-ring (bicyclic) bond motifs is 1. The van der Waals surface area contributed by atoms with Crippen molar-refractivity contribution in [2.24, 2.45) is 4.99 Å². The lowest BCUT2D eigenvalue weighted by molar-refractivity contribution is -0.138. The number of esters is 1. The van der Waals surface area contributed by atoms with Gasteiger partial charge in [-0.1, -0.05) is 100 Å². The van der Waals surface area contributed by atoms with Gasteiger partial charge in [0.05, 0.1) is 28.5 Å². The highest BCUT2D eigenvalue weighted by molar-refractivity contribution is 9.10. The molecular formula is C28H21BrN2O3S. The Hall–Kier alpha value is -3.55. The molecule has 0 saturated carbocycles. The van der Waals surface area contributed by atoms with E-state index in [1.54, 1.807) is 11.5 Å². The summed E-state index contributed by atoms with van der Waals surface area (Å²) in [7, 11) is 0. The molecule has 4 aromatic rings. The number of carbonyl (C=O) groups is 1. The number of carbonyl (C=O) groups excluding carboxylic acids is 1. The first-order valence-electron chi connectivity index (χ1n) is 11.2. The highest BCUT2D eigenvalue weighted by Crippen LogP contribution is 2.35. The Bertz CT molecular complexity index is 1590. The minimum absolute atomic E-state index is 0.195. The van der Waals surface area contributed by atoms with Gasteiger partial charge in [0, 0.05) is 10.0 Å². The third kappa shape index (κ3) is 4.57. The zero-order valence-electron chi connectivity index (χ0n) is 18.9. The van der Waals surface area contributed by atoms with Crippen LogP contribution in [0.3, 0.4) is 0 Å². The number of hydrogen-bond donors (Lipinski definition) is 0.